The van der Waals surface area contributed by atoms with Gasteiger partial charge < -0.3 is 10.5 Å². The van der Waals surface area contributed by atoms with Crippen molar-refractivity contribution >= 4 is 0 Å². The van der Waals surface area contributed by atoms with Crippen LogP contribution in [0.25, 0.3) is 0 Å². The van der Waals surface area contributed by atoms with Crippen LogP contribution < -0.4 is 10.5 Å². The molecule has 0 amide bonds. The average Bonchev–Trinajstić information content (AvgIpc) is 2.49. The van der Waals surface area contributed by atoms with E-state index in [2.05, 4.69) is 39.0 Å². The van der Waals surface area contributed by atoms with Crippen molar-refractivity contribution in [3.63, 3.8) is 0 Å². The Bertz CT molecular complexity index is 577. The van der Waals surface area contributed by atoms with Crippen LogP contribution in [0.5, 0.6) is 11.5 Å². The minimum absolute atomic E-state index is 0.490. The highest BCUT2D eigenvalue weighted by Crippen LogP contribution is 2.33. The van der Waals surface area contributed by atoms with Gasteiger partial charge in [-0.25, -0.2) is 0 Å². The molecule has 2 heteroatoms. The molecule has 106 valence electrons. The van der Waals surface area contributed by atoms with Gasteiger partial charge in [-0.3, -0.25) is 0 Å². The number of nitrogens with two attached hydrogens (primary N) is 1. The summed E-state index contributed by atoms with van der Waals surface area (Å²) in [5.74, 6) is 2.33. The molecule has 0 radical (unpaired) electrons. The van der Waals surface area contributed by atoms with E-state index < -0.39 is 0 Å². The standard InChI is InChI=1S/C18H23NO/c1-4-13(2)16-7-5-6-8-17(16)20-18-11-15(12-19)10-9-14(18)3/h5-11,13H,4,12,19H2,1-3H3. The lowest BCUT2D eigenvalue weighted by Gasteiger charge is -2.17. The van der Waals surface area contributed by atoms with Gasteiger partial charge >= 0.3 is 0 Å². The minimum Gasteiger partial charge on any atom is -0.457 e. The molecule has 2 rings (SSSR count). The zero-order valence-electron chi connectivity index (χ0n) is 12.5. The third-order valence-electron chi connectivity index (χ3n) is 3.77. The van der Waals surface area contributed by atoms with E-state index in [0.29, 0.717) is 12.5 Å². The summed E-state index contributed by atoms with van der Waals surface area (Å²) in [6, 6.07) is 14.4. The van der Waals surface area contributed by atoms with Crippen molar-refractivity contribution in [2.24, 2.45) is 5.73 Å². The smallest absolute Gasteiger partial charge is 0.130 e. The van der Waals surface area contributed by atoms with Gasteiger partial charge in [-0.2, -0.15) is 0 Å². The number of hydrogen-bond donors (Lipinski definition) is 1. The first-order valence-corrected chi connectivity index (χ1v) is 7.22. The fraction of sp³-hybridized carbons (Fsp3) is 0.333. The summed E-state index contributed by atoms with van der Waals surface area (Å²) in [5.41, 5.74) is 9.18. The van der Waals surface area contributed by atoms with Crippen molar-refractivity contribution < 1.29 is 4.74 Å². The molecule has 2 nitrogen and oxygen atoms in total. The molecule has 0 spiro atoms. The fourth-order valence-electron chi connectivity index (χ4n) is 2.20. The Morgan fingerprint density at radius 2 is 1.85 bits per heavy atom. The third-order valence-corrected chi connectivity index (χ3v) is 3.77. The van der Waals surface area contributed by atoms with E-state index in [4.69, 9.17) is 10.5 Å². The molecule has 0 heterocycles. The van der Waals surface area contributed by atoms with Crippen molar-refractivity contribution in [3.05, 3.63) is 59.2 Å². The first kappa shape index (κ1) is 14.6. The Morgan fingerprint density at radius 1 is 1.10 bits per heavy atom. The van der Waals surface area contributed by atoms with E-state index in [9.17, 15) is 0 Å². The maximum atomic E-state index is 6.15. The lowest BCUT2D eigenvalue weighted by Crippen LogP contribution is -1.99. The summed E-state index contributed by atoms with van der Waals surface area (Å²) in [4.78, 5) is 0. The first-order chi connectivity index (χ1) is 9.65. The Kier molecular flexibility index (Phi) is 4.80. The number of para-hydroxylation sites is 1. The molecule has 0 saturated heterocycles. The SMILES string of the molecule is CCC(C)c1ccccc1Oc1cc(CN)ccc1C. The molecule has 0 saturated carbocycles. The number of rotatable bonds is 5. The molecule has 2 N–H and O–H groups in total. The Hall–Kier alpha value is -1.80. The summed E-state index contributed by atoms with van der Waals surface area (Å²) in [6.07, 6.45) is 1.10. The molecular formula is C18H23NO. The van der Waals surface area contributed by atoms with Gasteiger partial charge in [-0.15, -0.1) is 0 Å². The summed E-state index contributed by atoms with van der Waals surface area (Å²) in [5, 5.41) is 0. The quantitative estimate of drug-likeness (QED) is 0.849. The van der Waals surface area contributed by atoms with Gasteiger partial charge in [-0.1, -0.05) is 44.2 Å². The number of aryl methyl sites for hydroxylation is 1. The number of hydrogen-bond acceptors (Lipinski definition) is 2. The maximum Gasteiger partial charge on any atom is 0.130 e. The second-order valence-corrected chi connectivity index (χ2v) is 5.25. The second kappa shape index (κ2) is 6.58. The monoisotopic (exact) mass is 269 g/mol. The highest BCUT2D eigenvalue weighted by Gasteiger charge is 2.11. The van der Waals surface area contributed by atoms with E-state index >= 15 is 0 Å². The minimum atomic E-state index is 0.490. The van der Waals surface area contributed by atoms with Gasteiger partial charge in [0.15, 0.2) is 0 Å². The van der Waals surface area contributed by atoms with E-state index in [1.165, 1.54) is 5.56 Å². The van der Waals surface area contributed by atoms with Crippen molar-refractivity contribution in [3.8, 4) is 11.5 Å². The average molecular weight is 269 g/mol. The van der Waals surface area contributed by atoms with Crippen LogP contribution in [-0.2, 0) is 6.54 Å². The van der Waals surface area contributed by atoms with Crippen LogP contribution in [0.2, 0.25) is 0 Å². The molecular weight excluding hydrogens is 246 g/mol. The van der Waals surface area contributed by atoms with Gasteiger partial charge in [0.25, 0.3) is 0 Å². The highest BCUT2D eigenvalue weighted by atomic mass is 16.5. The van der Waals surface area contributed by atoms with Crippen LogP contribution in [-0.4, -0.2) is 0 Å². The fourth-order valence-corrected chi connectivity index (χ4v) is 2.20. The van der Waals surface area contributed by atoms with Crippen LogP contribution in [0.15, 0.2) is 42.5 Å². The maximum absolute atomic E-state index is 6.15. The van der Waals surface area contributed by atoms with Gasteiger partial charge in [0, 0.05) is 6.54 Å². The predicted molar refractivity (Wildman–Crippen MR) is 84.3 cm³/mol. The zero-order valence-corrected chi connectivity index (χ0v) is 12.5. The van der Waals surface area contributed by atoms with E-state index in [-0.39, 0.29) is 0 Å². The van der Waals surface area contributed by atoms with Crippen LogP contribution in [0.4, 0.5) is 0 Å². The molecule has 0 aliphatic heterocycles. The zero-order chi connectivity index (χ0) is 14.5. The molecule has 2 aromatic rings. The molecule has 1 unspecified atom stereocenters. The molecule has 0 bridgehead atoms. The predicted octanol–water partition coefficient (Wildman–Crippen LogP) is 4.76. The molecule has 2 aromatic carbocycles. The summed E-state index contributed by atoms with van der Waals surface area (Å²) in [6.45, 7) is 7.01. The summed E-state index contributed by atoms with van der Waals surface area (Å²) in [7, 11) is 0. The normalized spacial score (nSPS) is 12.2. The lowest BCUT2D eigenvalue weighted by atomic mass is 9.98. The number of ether oxygens (including phenoxy) is 1. The van der Waals surface area contributed by atoms with E-state index in [1.807, 2.05) is 24.3 Å². The number of benzene rings is 2. The lowest BCUT2D eigenvalue weighted by molar-refractivity contribution is 0.466. The van der Waals surface area contributed by atoms with Crippen molar-refractivity contribution in [1.29, 1.82) is 0 Å². The van der Waals surface area contributed by atoms with Crippen molar-refractivity contribution in [1.82, 2.24) is 0 Å². The third kappa shape index (κ3) is 3.20. The molecule has 0 aliphatic rings. The Balaban J connectivity index is 2.35. The van der Waals surface area contributed by atoms with Gasteiger partial charge in [-0.05, 0) is 48.1 Å². The van der Waals surface area contributed by atoms with Gasteiger partial charge in [0.2, 0.25) is 0 Å². The van der Waals surface area contributed by atoms with Crippen LogP contribution >= 0.6 is 0 Å². The molecule has 0 fully saturated rings. The van der Waals surface area contributed by atoms with Crippen LogP contribution in [0, 0.1) is 6.92 Å². The first-order valence-electron chi connectivity index (χ1n) is 7.22. The van der Waals surface area contributed by atoms with E-state index in [1.54, 1.807) is 0 Å². The highest BCUT2D eigenvalue weighted by molar-refractivity contribution is 5.43. The molecule has 0 aromatic heterocycles. The molecule has 20 heavy (non-hydrogen) atoms. The van der Waals surface area contributed by atoms with Crippen LogP contribution in [0.1, 0.15) is 42.9 Å². The van der Waals surface area contributed by atoms with Gasteiger partial charge in [0.05, 0.1) is 0 Å². The Labute approximate surface area is 121 Å². The topological polar surface area (TPSA) is 35.2 Å². The van der Waals surface area contributed by atoms with Crippen LogP contribution in [0.3, 0.4) is 0 Å². The van der Waals surface area contributed by atoms with E-state index in [0.717, 1.165) is 29.0 Å². The second-order valence-electron chi connectivity index (χ2n) is 5.25. The largest absolute Gasteiger partial charge is 0.457 e. The van der Waals surface area contributed by atoms with Crippen molar-refractivity contribution in [2.75, 3.05) is 0 Å². The summed E-state index contributed by atoms with van der Waals surface area (Å²) < 4.78 is 6.15. The van der Waals surface area contributed by atoms with Crippen molar-refractivity contribution in [2.45, 2.75) is 39.7 Å². The summed E-state index contributed by atoms with van der Waals surface area (Å²) >= 11 is 0. The molecule has 1 atom stereocenters. The Morgan fingerprint density at radius 3 is 2.55 bits per heavy atom. The van der Waals surface area contributed by atoms with Gasteiger partial charge in [0.1, 0.15) is 11.5 Å². The molecule has 0 aliphatic carbocycles.